The van der Waals surface area contributed by atoms with Gasteiger partial charge in [-0.3, -0.25) is 14.4 Å². The molecule has 0 rings (SSSR count). The summed E-state index contributed by atoms with van der Waals surface area (Å²) in [6.07, 6.45) is 22.1. The van der Waals surface area contributed by atoms with Crippen molar-refractivity contribution in [2.24, 2.45) is 11.5 Å². The van der Waals surface area contributed by atoms with Crippen LogP contribution in [0.25, 0.3) is 0 Å². The molecule has 0 aliphatic heterocycles. The third-order valence-electron chi connectivity index (χ3n) is 6.04. The van der Waals surface area contributed by atoms with E-state index >= 15 is 0 Å². The molecule has 0 aromatic heterocycles. The van der Waals surface area contributed by atoms with Crippen LogP contribution in [0.5, 0.6) is 0 Å². The summed E-state index contributed by atoms with van der Waals surface area (Å²) in [7, 11) is 0. The molecule has 0 aromatic rings. The van der Waals surface area contributed by atoms with E-state index in [9.17, 15) is 14.4 Å². The number of rotatable bonds is 23. The van der Waals surface area contributed by atoms with E-state index in [1.54, 1.807) is 0 Å². The first-order chi connectivity index (χ1) is 16.8. The minimum Gasteiger partial charge on any atom is -0.480 e. The van der Waals surface area contributed by atoms with E-state index in [0.717, 1.165) is 25.7 Å². The van der Waals surface area contributed by atoms with E-state index in [4.69, 9.17) is 21.7 Å². The van der Waals surface area contributed by atoms with E-state index in [-0.39, 0.29) is 5.91 Å². The molecule has 0 saturated heterocycles. The lowest BCUT2D eigenvalue weighted by atomic mass is 10.0. The van der Waals surface area contributed by atoms with Gasteiger partial charge in [0.05, 0.1) is 0 Å². The summed E-state index contributed by atoms with van der Waals surface area (Å²) >= 11 is 0. The Balaban J connectivity index is 0. The molecule has 0 bridgehead atoms. The summed E-state index contributed by atoms with van der Waals surface area (Å²) in [5, 5.41) is 19.5. The van der Waals surface area contributed by atoms with Crippen molar-refractivity contribution in [2.45, 2.75) is 148 Å². The van der Waals surface area contributed by atoms with Crippen LogP contribution in [0.15, 0.2) is 0 Å². The maximum absolute atomic E-state index is 11.5. The molecule has 2 atom stereocenters. The van der Waals surface area contributed by atoms with E-state index in [1.165, 1.54) is 90.4 Å². The molecule has 0 radical (unpaired) electrons. The monoisotopic (exact) mass is 501 g/mol. The number of amides is 1. The second-order valence-corrected chi connectivity index (χ2v) is 9.56. The predicted molar refractivity (Wildman–Crippen MR) is 143 cm³/mol. The number of carboxylic acid groups (broad SMARTS) is 2. The number of hydrogen-bond donors (Lipinski definition) is 5. The van der Waals surface area contributed by atoms with E-state index in [1.807, 2.05) is 0 Å². The lowest BCUT2D eigenvalue weighted by molar-refractivity contribution is -0.141. The average Bonchev–Trinajstić information content (AvgIpc) is 2.81. The molecule has 7 N–H and O–H groups in total. The quantitative estimate of drug-likeness (QED) is 0.118. The SMILES string of the molecule is CCCCCCCCCCCCCCCCCC(=O)N[C@@H](C)C(=O)O.NCCCC[C@H](N)C(=O)O. The molecule has 8 nitrogen and oxygen atoms in total. The number of carbonyl (C=O) groups is 3. The molecule has 0 heterocycles. The summed E-state index contributed by atoms with van der Waals surface area (Å²) in [5.41, 5.74) is 10.4. The Morgan fingerprint density at radius 3 is 1.49 bits per heavy atom. The van der Waals surface area contributed by atoms with Crippen LogP contribution in [-0.2, 0) is 14.4 Å². The van der Waals surface area contributed by atoms with E-state index in [0.29, 0.717) is 19.4 Å². The lowest BCUT2D eigenvalue weighted by Gasteiger charge is -2.08. The number of nitrogens with one attached hydrogen (secondary N) is 1. The molecular formula is C27H55N3O5. The highest BCUT2D eigenvalue weighted by atomic mass is 16.4. The molecule has 0 unspecified atom stereocenters. The molecule has 0 fully saturated rings. The van der Waals surface area contributed by atoms with Crippen LogP contribution in [0.3, 0.4) is 0 Å². The van der Waals surface area contributed by atoms with Gasteiger partial charge in [0.1, 0.15) is 12.1 Å². The molecular weight excluding hydrogens is 446 g/mol. The largest absolute Gasteiger partial charge is 0.480 e. The maximum atomic E-state index is 11.5. The zero-order chi connectivity index (χ0) is 26.7. The van der Waals surface area contributed by atoms with Gasteiger partial charge in [0.15, 0.2) is 0 Å². The summed E-state index contributed by atoms with van der Waals surface area (Å²) in [6, 6.07) is -1.50. The third-order valence-corrected chi connectivity index (χ3v) is 6.04. The van der Waals surface area contributed by atoms with E-state index in [2.05, 4.69) is 12.2 Å². The standard InChI is InChI=1S/C21H41NO3.C6H14N2O2/c1-3-4-5-6-7-8-9-10-11-12-13-14-15-16-17-18-20(23)22-19(2)21(24)25;7-4-2-1-3-5(8)6(9)10/h19H,3-18H2,1-2H3,(H,22,23)(H,24,25);5H,1-4,7-8H2,(H,9,10)/t19-;5-/m00/s1. The van der Waals surface area contributed by atoms with Crippen molar-refractivity contribution in [1.29, 1.82) is 0 Å². The molecule has 0 aliphatic rings. The smallest absolute Gasteiger partial charge is 0.325 e. The molecule has 0 spiro atoms. The van der Waals surface area contributed by atoms with Gasteiger partial charge in [0, 0.05) is 6.42 Å². The van der Waals surface area contributed by atoms with Gasteiger partial charge >= 0.3 is 11.9 Å². The van der Waals surface area contributed by atoms with Crippen LogP contribution in [0.4, 0.5) is 0 Å². The topological polar surface area (TPSA) is 156 Å². The van der Waals surface area contributed by atoms with Gasteiger partial charge in [-0.05, 0) is 32.7 Å². The zero-order valence-corrected chi connectivity index (χ0v) is 22.6. The van der Waals surface area contributed by atoms with Gasteiger partial charge in [-0.15, -0.1) is 0 Å². The Bertz CT molecular complexity index is 517. The van der Waals surface area contributed by atoms with Crippen LogP contribution in [-0.4, -0.2) is 46.7 Å². The molecule has 0 aromatic carbocycles. The van der Waals surface area contributed by atoms with Crippen LogP contribution in [0.1, 0.15) is 136 Å². The summed E-state index contributed by atoms with van der Waals surface area (Å²) in [6.45, 7) is 4.36. The number of nitrogens with two attached hydrogens (primary N) is 2. The molecule has 8 heteroatoms. The van der Waals surface area contributed by atoms with Crippen molar-refractivity contribution in [3.05, 3.63) is 0 Å². The Labute approximate surface area is 214 Å². The van der Waals surface area contributed by atoms with Crippen molar-refractivity contribution in [3.8, 4) is 0 Å². The Morgan fingerprint density at radius 1 is 0.686 bits per heavy atom. The Morgan fingerprint density at radius 2 is 1.11 bits per heavy atom. The fourth-order valence-corrected chi connectivity index (χ4v) is 3.66. The predicted octanol–water partition coefficient (Wildman–Crippen LogP) is 5.36. The van der Waals surface area contributed by atoms with Gasteiger partial charge in [-0.1, -0.05) is 103 Å². The van der Waals surface area contributed by atoms with Crippen molar-refractivity contribution in [1.82, 2.24) is 5.32 Å². The normalized spacial score (nSPS) is 12.3. The number of carboxylic acids is 2. The first-order valence-electron chi connectivity index (χ1n) is 14.0. The highest BCUT2D eigenvalue weighted by molar-refractivity contribution is 5.83. The highest BCUT2D eigenvalue weighted by Gasteiger charge is 2.13. The number of carbonyl (C=O) groups excluding carboxylic acids is 1. The maximum Gasteiger partial charge on any atom is 0.325 e. The summed E-state index contributed by atoms with van der Waals surface area (Å²) in [5.74, 6) is -2.06. The van der Waals surface area contributed by atoms with Gasteiger partial charge in [0.25, 0.3) is 0 Å². The fraction of sp³-hybridized carbons (Fsp3) is 0.889. The Hall–Kier alpha value is -1.67. The molecule has 208 valence electrons. The third kappa shape index (κ3) is 28.5. The van der Waals surface area contributed by atoms with E-state index < -0.39 is 24.0 Å². The molecule has 0 aliphatic carbocycles. The lowest BCUT2D eigenvalue weighted by Crippen LogP contribution is -2.38. The van der Waals surface area contributed by atoms with Gasteiger partial charge in [-0.2, -0.15) is 0 Å². The number of unbranched alkanes of at least 4 members (excludes halogenated alkanes) is 15. The summed E-state index contributed by atoms with van der Waals surface area (Å²) in [4.78, 5) is 32.3. The minimum atomic E-state index is -0.982. The first kappa shape index (κ1) is 35.5. The van der Waals surface area contributed by atoms with Crippen molar-refractivity contribution < 1.29 is 24.6 Å². The van der Waals surface area contributed by atoms with Gasteiger partial charge in [0.2, 0.25) is 5.91 Å². The molecule has 0 saturated carbocycles. The number of hydrogen-bond acceptors (Lipinski definition) is 5. The first-order valence-corrected chi connectivity index (χ1v) is 14.0. The van der Waals surface area contributed by atoms with Crippen LogP contribution in [0.2, 0.25) is 0 Å². The zero-order valence-electron chi connectivity index (χ0n) is 22.6. The number of aliphatic carboxylic acids is 2. The minimum absolute atomic E-state index is 0.149. The average molecular weight is 502 g/mol. The summed E-state index contributed by atoms with van der Waals surface area (Å²) < 4.78 is 0. The van der Waals surface area contributed by atoms with Crippen LogP contribution >= 0.6 is 0 Å². The Kier molecular flexibility index (Phi) is 27.3. The van der Waals surface area contributed by atoms with Crippen LogP contribution in [0, 0.1) is 0 Å². The van der Waals surface area contributed by atoms with Crippen molar-refractivity contribution in [3.63, 3.8) is 0 Å². The molecule has 1 amide bonds. The molecule has 35 heavy (non-hydrogen) atoms. The van der Waals surface area contributed by atoms with Crippen molar-refractivity contribution in [2.75, 3.05) is 6.54 Å². The highest BCUT2D eigenvalue weighted by Crippen LogP contribution is 2.13. The fourth-order valence-electron chi connectivity index (χ4n) is 3.66. The van der Waals surface area contributed by atoms with Crippen molar-refractivity contribution >= 4 is 17.8 Å². The second-order valence-electron chi connectivity index (χ2n) is 9.56. The van der Waals surface area contributed by atoms with Crippen LogP contribution < -0.4 is 16.8 Å². The van der Waals surface area contributed by atoms with Gasteiger partial charge in [-0.25, -0.2) is 0 Å². The second kappa shape index (κ2) is 26.9. The van der Waals surface area contributed by atoms with Gasteiger partial charge < -0.3 is 27.0 Å².